The molecule has 1 heterocycles. The molecule has 2 aromatic rings. The lowest BCUT2D eigenvalue weighted by Gasteiger charge is -2.35. The second-order valence-electron chi connectivity index (χ2n) is 7.24. The SMILES string of the molecule is CS(=O)(=O)N(CC(=O)N1CCN(C/C=C/c2ccccc2)CC1)c1ccc(Cl)cc1. The summed E-state index contributed by atoms with van der Waals surface area (Å²) in [6.07, 6.45) is 5.32. The van der Waals surface area contributed by atoms with Crippen LogP contribution in [0.25, 0.3) is 6.08 Å². The van der Waals surface area contributed by atoms with E-state index in [2.05, 4.69) is 29.2 Å². The standard InChI is InChI=1S/C22H26ClN3O3S/c1-30(28,29)26(21-11-9-20(23)10-12-21)18-22(27)25-16-14-24(15-17-25)13-5-8-19-6-3-2-4-7-19/h2-12H,13-18H2,1H3/b8-5+. The van der Waals surface area contributed by atoms with Crippen LogP contribution in [0.1, 0.15) is 5.56 Å². The van der Waals surface area contributed by atoms with Crippen LogP contribution in [0.15, 0.2) is 60.7 Å². The Morgan fingerprint density at radius 3 is 2.27 bits per heavy atom. The summed E-state index contributed by atoms with van der Waals surface area (Å²) in [5.74, 6) is -0.199. The highest BCUT2D eigenvalue weighted by molar-refractivity contribution is 7.92. The summed E-state index contributed by atoms with van der Waals surface area (Å²) in [6, 6.07) is 16.6. The number of hydrogen-bond acceptors (Lipinski definition) is 4. The molecular weight excluding hydrogens is 422 g/mol. The Hall–Kier alpha value is -2.35. The minimum atomic E-state index is -3.59. The summed E-state index contributed by atoms with van der Waals surface area (Å²) in [7, 11) is -3.59. The number of piperazine rings is 1. The number of hydrogen-bond donors (Lipinski definition) is 0. The number of carbonyl (C=O) groups is 1. The van der Waals surface area contributed by atoms with Crippen molar-refractivity contribution in [3.63, 3.8) is 0 Å². The minimum absolute atomic E-state index is 0.199. The first-order valence-corrected chi connectivity index (χ1v) is 12.0. The predicted octanol–water partition coefficient (Wildman–Crippen LogP) is 2.96. The Bertz CT molecular complexity index is 970. The van der Waals surface area contributed by atoms with Gasteiger partial charge < -0.3 is 4.90 Å². The number of sulfonamides is 1. The van der Waals surface area contributed by atoms with E-state index in [4.69, 9.17) is 11.6 Å². The summed E-state index contributed by atoms with van der Waals surface area (Å²) in [6.45, 7) is 3.27. The third kappa shape index (κ3) is 6.32. The molecule has 0 unspecified atom stereocenters. The molecule has 1 saturated heterocycles. The van der Waals surface area contributed by atoms with E-state index in [1.807, 2.05) is 18.2 Å². The van der Waals surface area contributed by atoms with Gasteiger partial charge in [-0.15, -0.1) is 0 Å². The third-order valence-corrected chi connectivity index (χ3v) is 6.38. The molecule has 0 atom stereocenters. The van der Waals surface area contributed by atoms with Crippen molar-refractivity contribution in [2.45, 2.75) is 0 Å². The lowest BCUT2D eigenvalue weighted by molar-refractivity contribution is -0.131. The first-order valence-electron chi connectivity index (χ1n) is 9.78. The van der Waals surface area contributed by atoms with E-state index in [0.717, 1.165) is 35.8 Å². The van der Waals surface area contributed by atoms with Gasteiger partial charge in [0.2, 0.25) is 15.9 Å². The molecule has 1 fully saturated rings. The van der Waals surface area contributed by atoms with Crippen LogP contribution in [0.4, 0.5) is 5.69 Å². The minimum Gasteiger partial charge on any atom is -0.339 e. The second kappa shape index (κ2) is 10.1. The normalized spacial score (nSPS) is 15.5. The van der Waals surface area contributed by atoms with Gasteiger partial charge in [-0.3, -0.25) is 14.0 Å². The van der Waals surface area contributed by atoms with Crippen molar-refractivity contribution in [1.29, 1.82) is 0 Å². The number of amides is 1. The summed E-state index contributed by atoms with van der Waals surface area (Å²) in [4.78, 5) is 16.8. The van der Waals surface area contributed by atoms with Crippen LogP contribution in [0.3, 0.4) is 0 Å². The van der Waals surface area contributed by atoms with Gasteiger partial charge in [-0.2, -0.15) is 0 Å². The summed E-state index contributed by atoms with van der Waals surface area (Å²) in [5, 5.41) is 0.510. The molecule has 2 aromatic carbocycles. The molecular formula is C22H26ClN3O3S. The zero-order valence-corrected chi connectivity index (χ0v) is 18.5. The fraction of sp³-hybridized carbons (Fsp3) is 0.318. The highest BCUT2D eigenvalue weighted by atomic mass is 35.5. The lowest BCUT2D eigenvalue weighted by atomic mass is 10.2. The van der Waals surface area contributed by atoms with Crippen LogP contribution in [-0.4, -0.2) is 69.6 Å². The molecule has 0 aliphatic carbocycles. The first kappa shape index (κ1) is 22.3. The van der Waals surface area contributed by atoms with Gasteiger partial charge in [-0.1, -0.05) is 54.1 Å². The van der Waals surface area contributed by atoms with E-state index >= 15 is 0 Å². The highest BCUT2D eigenvalue weighted by Gasteiger charge is 2.26. The van der Waals surface area contributed by atoms with Gasteiger partial charge in [0.1, 0.15) is 6.54 Å². The summed E-state index contributed by atoms with van der Waals surface area (Å²) in [5.41, 5.74) is 1.59. The Morgan fingerprint density at radius 1 is 1.03 bits per heavy atom. The molecule has 6 nitrogen and oxygen atoms in total. The molecule has 0 radical (unpaired) electrons. The van der Waals surface area contributed by atoms with Gasteiger partial charge >= 0.3 is 0 Å². The van der Waals surface area contributed by atoms with Crippen LogP contribution in [0.5, 0.6) is 0 Å². The maximum Gasteiger partial charge on any atom is 0.243 e. The van der Waals surface area contributed by atoms with Crippen molar-refractivity contribution in [1.82, 2.24) is 9.80 Å². The number of nitrogens with zero attached hydrogens (tertiary/aromatic N) is 3. The smallest absolute Gasteiger partial charge is 0.243 e. The molecule has 160 valence electrons. The number of anilines is 1. The van der Waals surface area contributed by atoms with Crippen molar-refractivity contribution in [2.75, 3.05) is 49.8 Å². The summed E-state index contributed by atoms with van der Waals surface area (Å²) >= 11 is 5.89. The largest absolute Gasteiger partial charge is 0.339 e. The van der Waals surface area contributed by atoms with Gasteiger partial charge in [-0.25, -0.2) is 8.42 Å². The van der Waals surface area contributed by atoms with Gasteiger partial charge in [0.25, 0.3) is 0 Å². The predicted molar refractivity (Wildman–Crippen MR) is 122 cm³/mol. The monoisotopic (exact) mass is 447 g/mol. The Morgan fingerprint density at radius 2 is 1.67 bits per heavy atom. The van der Waals surface area contributed by atoms with Crippen molar-refractivity contribution in [3.8, 4) is 0 Å². The van der Waals surface area contributed by atoms with Crippen LogP contribution in [0.2, 0.25) is 5.02 Å². The molecule has 1 aliphatic heterocycles. The van der Waals surface area contributed by atoms with Crippen LogP contribution >= 0.6 is 11.6 Å². The van der Waals surface area contributed by atoms with Crippen molar-refractivity contribution >= 4 is 39.3 Å². The zero-order chi connectivity index (χ0) is 21.6. The molecule has 1 amide bonds. The maximum atomic E-state index is 12.8. The van der Waals surface area contributed by atoms with Gasteiger partial charge in [0.15, 0.2) is 0 Å². The quantitative estimate of drug-likeness (QED) is 0.654. The van der Waals surface area contributed by atoms with E-state index < -0.39 is 10.0 Å². The molecule has 0 bridgehead atoms. The highest BCUT2D eigenvalue weighted by Crippen LogP contribution is 2.20. The van der Waals surface area contributed by atoms with Crippen LogP contribution in [0, 0.1) is 0 Å². The number of rotatable bonds is 7. The molecule has 3 rings (SSSR count). The average molecular weight is 448 g/mol. The first-order chi connectivity index (χ1) is 14.3. The molecule has 0 N–H and O–H groups in total. The Labute approximate surface area is 183 Å². The van der Waals surface area contributed by atoms with Crippen molar-refractivity contribution in [3.05, 3.63) is 71.3 Å². The van der Waals surface area contributed by atoms with Gasteiger partial charge in [0, 0.05) is 37.7 Å². The van der Waals surface area contributed by atoms with E-state index in [9.17, 15) is 13.2 Å². The molecule has 0 aromatic heterocycles. The van der Waals surface area contributed by atoms with E-state index in [1.54, 1.807) is 29.2 Å². The average Bonchev–Trinajstić information content (AvgIpc) is 2.73. The van der Waals surface area contributed by atoms with E-state index in [-0.39, 0.29) is 12.5 Å². The second-order valence-corrected chi connectivity index (χ2v) is 9.58. The number of carbonyl (C=O) groups excluding carboxylic acids is 1. The Kier molecular flexibility index (Phi) is 7.53. The fourth-order valence-electron chi connectivity index (χ4n) is 3.31. The van der Waals surface area contributed by atoms with E-state index in [1.165, 1.54) is 0 Å². The molecule has 0 saturated carbocycles. The summed E-state index contributed by atoms with van der Waals surface area (Å²) < 4.78 is 25.6. The van der Waals surface area contributed by atoms with Gasteiger partial charge in [-0.05, 0) is 29.8 Å². The topological polar surface area (TPSA) is 60.9 Å². The number of benzene rings is 2. The Balaban J connectivity index is 1.53. The van der Waals surface area contributed by atoms with Crippen LogP contribution < -0.4 is 4.31 Å². The lowest BCUT2D eigenvalue weighted by Crippen LogP contribution is -2.51. The third-order valence-electron chi connectivity index (χ3n) is 4.99. The molecule has 1 aliphatic rings. The number of halogens is 1. The maximum absolute atomic E-state index is 12.8. The van der Waals surface area contributed by atoms with Crippen LogP contribution in [-0.2, 0) is 14.8 Å². The molecule has 30 heavy (non-hydrogen) atoms. The van der Waals surface area contributed by atoms with Crippen molar-refractivity contribution < 1.29 is 13.2 Å². The zero-order valence-electron chi connectivity index (χ0n) is 16.9. The van der Waals surface area contributed by atoms with E-state index in [0.29, 0.717) is 23.8 Å². The fourth-order valence-corrected chi connectivity index (χ4v) is 4.29. The molecule has 0 spiro atoms. The molecule has 8 heteroatoms. The van der Waals surface area contributed by atoms with Crippen molar-refractivity contribution in [2.24, 2.45) is 0 Å². The van der Waals surface area contributed by atoms with Gasteiger partial charge in [0.05, 0.1) is 11.9 Å².